The first kappa shape index (κ1) is 18.8. The van der Waals surface area contributed by atoms with E-state index in [1.165, 1.54) is 24.3 Å². The minimum Gasteiger partial charge on any atom is -0.494 e. The van der Waals surface area contributed by atoms with Crippen molar-refractivity contribution in [3.63, 3.8) is 0 Å². The monoisotopic (exact) mass is 362 g/mol. The van der Waals surface area contributed by atoms with Crippen LogP contribution in [0.2, 0.25) is 0 Å². The molecule has 6 nitrogen and oxygen atoms in total. The van der Waals surface area contributed by atoms with Crippen molar-refractivity contribution in [1.82, 2.24) is 9.80 Å². The minimum atomic E-state index is -0.843. The number of piperidine rings is 1. The molecule has 0 unspecified atom stereocenters. The molecule has 0 saturated carbocycles. The van der Waals surface area contributed by atoms with Crippen LogP contribution in [0.4, 0.5) is 4.79 Å². The Morgan fingerprint density at radius 1 is 1.12 bits per heavy atom. The van der Waals surface area contributed by atoms with E-state index in [2.05, 4.69) is 11.8 Å². The van der Waals surface area contributed by atoms with Crippen molar-refractivity contribution in [1.29, 1.82) is 0 Å². The molecule has 2 fully saturated rings. The fourth-order valence-electron chi connectivity index (χ4n) is 3.75. The third-order valence-electron chi connectivity index (χ3n) is 5.39. The highest BCUT2D eigenvalue weighted by Gasteiger charge is 2.23. The molecule has 0 radical (unpaired) electrons. The van der Waals surface area contributed by atoms with E-state index in [1.54, 1.807) is 0 Å². The molecule has 1 amide bonds. The van der Waals surface area contributed by atoms with Crippen LogP contribution in [0.3, 0.4) is 0 Å². The highest BCUT2D eigenvalue weighted by molar-refractivity contribution is 5.65. The van der Waals surface area contributed by atoms with Gasteiger partial charge in [0.1, 0.15) is 17.6 Å². The van der Waals surface area contributed by atoms with E-state index in [0.717, 1.165) is 43.9 Å². The molecule has 3 rings (SSSR count). The van der Waals surface area contributed by atoms with Gasteiger partial charge in [-0.15, -0.1) is 0 Å². The Bertz CT molecular complexity index is 570. The summed E-state index contributed by atoms with van der Waals surface area (Å²) in [5.41, 5.74) is 0. The first-order valence-corrected chi connectivity index (χ1v) is 9.73. The topological polar surface area (TPSA) is 62.2 Å². The lowest BCUT2D eigenvalue weighted by atomic mass is 10.1. The van der Waals surface area contributed by atoms with Crippen LogP contribution in [0, 0.1) is 0 Å². The van der Waals surface area contributed by atoms with Gasteiger partial charge in [-0.3, -0.25) is 0 Å². The van der Waals surface area contributed by atoms with Gasteiger partial charge in [-0.1, -0.05) is 0 Å². The molecule has 0 bridgehead atoms. The second-order valence-electron chi connectivity index (χ2n) is 7.29. The van der Waals surface area contributed by atoms with Crippen LogP contribution < -0.4 is 9.47 Å². The predicted octanol–water partition coefficient (Wildman–Crippen LogP) is 3.46. The summed E-state index contributed by atoms with van der Waals surface area (Å²) in [5, 5.41) is 8.98. The van der Waals surface area contributed by atoms with Crippen molar-refractivity contribution < 1.29 is 19.4 Å². The molecule has 1 aromatic carbocycles. The van der Waals surface area contributed by atoms with Crippen molar-refractivity contribution in [3.05, 3.63) is 24.3 Å². The first-order valence-electron chi connectivity index (χ1n) is 9.73. The number of hydrogen-bond acceptors (Lipinski definition) is 4. The van der Waals surface area contributed by atoms with Gasteiger partial charge in [-0.2, -0.15) is 0 Å². The van der Waals surface area contributed by atoms with E-state index in [1.807, 2.05) is 24.3 Å². The maximum Gasteiger partial charge on any atom is 0.407 e. The zero-order chi connectivity index (χ0) is 18.4. The lowest BCUT2D eigenvalue weighted by Crippen LogP contribution is -2.41. The molecule has 2 aliphatic rings. The molecule has 2 heterocycles. The number of carboxylic acid groups (broad SMARTS) is 1. The van der Waals surface area contributed by atoms with Crippen molar-refractivity contribution in [2.24, 2.45) is 0 Å². The molecule has 26 heavy (non-hydrogen) atoms. The van der Waals surface area contributed by atoms with Gasteiger partial charge >= 0.3 is 6.09 Å². The molecule has 0 aromatic heterocycles. The Balaban J connectivity index is 1.35. The zero-order valence-electron chi connectivity index (χ0n) is 15.6. The molecule has 0 aliphatic carbocycles. The fraction of sp³-hybridized carbons (Fsp3) is 0.650. The predicted molar refractivity (Wildman–Crippen MR) is 100 cm³/mol. The van der Waals surface area contributed by atoms with E-state index < -0.39 is 6.09 Å². The second-order valence-corrected chi connectivity index (χ2v) is 7.29. The number of nitrogens with zero attached hydrogens (tertiary/aromatic N) is 2. The zero-order valence-corrected chi connectivity index (χ0v) is 15.6. The maximum atomic E-state index is 10.9. The van der Waals surface area contributed by atoms with Gasteiger partial charge in [-0.05, 0) is 57.0 Å². The highest BCUT2D eigenvalue weighted by Crippen LogP contribution is 2.22. The number of carbonyl (C=O) groups is 1. The number of likely N-dealkylation sites (tertiary alicyclic amines) is 2. The number of rotatable bonds is 7. The van der Waals surface area contributed by atoms with Crippen LogP contribution in [0.1, 0.15) is 39.0 Å². The van der Waals surface area contributed by atoms with E-state index >= 15 is 0 Å². The van der Waals surface area contributed by atoms with Crippen LogP contribution >= 0.6 is 0 Å². The molecule has 2 saturated heterocycles. The summed E-state index contributed by atoms with van der Waals surface area (Å²) in [5.74, 6) is 1.68. The summed E-state index contributed by atoms with van der Waals surface area (Å²) < 4.78 is 11.8. The van der Waals surface area contributed by atoms with E-state index in [0.29, 0.717) is 19.1 Å². The third kappa shape index (κ3) is 5.27. The summed E-state index contributed by atoms with van der Waals surface area (Å²) >= 11 is 0. The van der Waals surface area contributed by atoms with Gasteiger partial charge in [0.05, 0.1) is 6.61 Å². The van der Waals surface area contributed by atoms with Crippen LogP contribution in [-0.4, -0.2) is 65.9 Å². The number of hydrogen-bond donors (Lipinski definition) is 1. The van der Waals surface area contributed by atoms with Gasteiger partial charge in [0.15, 0.2) is 0 Å². The van der Waals surface area contributed by atoms with E-state index in [-0.39, 0.29) is 6.10 Å². The third-order valence-corrected chi connectivity index (χ3v) is 5.39. The Morgan fingerprint density at radius 3 is 2.42 bits per heavy atom. The molecular formula is C20H30N2O4. The first-order chi connectivity index (χ1) is 12.6. The second kappa shape index (κ2) is 9.12. The van der Waals surface area contributed by atoms with Gasteiger partial charge in [0.25, 0.3) is 0 Å². The van der Waals surface area contributed by atoms with E-state index in [4.69, 9.17) is 14.6 Å². The number of benzene rings is 1. The lowest BCUT2D eigenvalue weighted by molar-refractivity contribution is 0.0894. The SMILES string of the molecule is C[C@@H]1CCCN1CCCOc1ccc(OC2CCN(C(=O)O)CC2)cc1. The Labute approximate surface area is 155 Å². The Morgan fingerprint density at radius 2 is 1.81 bits per heavy atom. The summed E-state index contributed by atoms with van der Waals surface area (Å²) in [4.78, 5) is 14.9. The molecule has 144 valence electrons. The van der Waals surface area contributed by atoms with Crippen molar-refractivity contribution >= 4 is 6.09 Å². The van der Waals surface area contributed by atoms with E-state index in [9.17, 15) is 4.79 Å². The molecule has 6 heteroatoms. The summed E-state index contributed by atoms with van der Waals surface area (Å²) in [6.07, 6.45) is 4.39. The van der Waals surface area contributed by atoms with Crippen LogP contribution in [-0.2, 0) is 0 Å². The lowest BCUT2D eigenvalue weighted by Gasteiger charge is -2.30. The molecule has 1 N–H and O–H groups in total. The quantitative estimate of drug-likeness (QED) is 0.753. The summed E-state index contributed by atoms with van der Waals surface area (Å²) in [7, 11) is 0. The number of ether oxygens (including phenoxy) is 2. The molecule has 1 aromatic rings. The highest BCUT2D eigenvalue weighted by atomic mass is 16.5. The molecule has 2 aliphatic heterocycles. The van der Waals surface area contributed by atoms with Crippen LogP contribution in [0.15, 0.2) is 24.3 Å². The average Bonchev–Trinajstić information content (AvgIpc) is 3.05. The van der Waals surface area contributed by atoms with Gasteiger partial charge in [0.2, 0.25) is 0 Å². The van der Waals surface area contributed by atoms with Crippen molar-refractivity contribution in [3.8, 4) is 11.5 Å². The van der Waals surface area contributed by atoms with Crippen LogP contribution in [0.5, 0.6) is 11.5 Å². The van der Waals surface area contributed by atoms with Crippen LogP contribution in [0.25, 0.3) is 0 Å². The van der Waals surface area contributed by atoms with Gasteiger partial charge in [-0.25, -0.2) is 4.79 Å². The van der Waals surface area contributed by atoms with Gasteiger partial charge < -0.3 is 24.4 Å². The maximum absolute atomic E-state index is 10.9. The fourth-order valence-corrected chi connectivity index (χ4v) is 3.75. The minimum absolute atomic E-state index is 0.0832. The standard InChI is InChI=1S/C20H30N2O4/c1-16-4-2-11-21(16)12-3-15-25-17-5-7-18(8-6-17)26-19-9-13-22(14-10-19)20(23)24/h5-8,16,19H,2-4,9-15H2,1H3,(H,23,24)/t16-/m1/s1. The molecule has 1 atom stereocenters. The largest absolute Gasteiger partial charge is 0.494 e. The number of amides is 1. The Kier molecular flexibility index (Phi) is 6.61. The van der Waals surface area contributed by atoms with Crippen molar-refractivity contribution in [2.75, 3.05) is 32.8 Å². The average molecular weight is 362 g/mol. The van der Waals surface area contributed by atoms with Gasteiger partial charge in [0, 0.05) is 38.5 Å². The summed E-state index contributed by atoms with van der Waals surface area (Å²) in [6.45, 7) is 6.44. The Hall–Kier alpha value is -1.95. The summed E-state index contributed by atoms with van der Waals surface area (Å²) in [6, 6.07) is 8.47. The smallest absolute Gasteiger partial charge is 0.407 e. The molecule has 0 spiro atoms. The van der Waals surface area contributed by atoms with Crippen molar-refractivity contribution in [2.45, 2.75) is 51.2 Å². The normalized spacial score (nSPS) is 21.7. The molecular weight excluding hydrogens is 332 g/mol.